The van der Waals surface area contributed by atoms with E-state index in [0.29, 0.717) is 10.1 Å². The van der Waals surface area contributed by atoms with Crippen molar-refractivity contribution in [3.05, 3.63) is 58.6 Å². The van der Waals surface area contributed by atoms with Crippen LogP contribution in [-0.2, 0) is 0 Å². The second kappa shape index (κ2) is 10.1. The average molecular weight is 389 g/mol. The number of hydrogen-bond acceptors (Lipinski definition) is 3. The highest BCUT2D eigenvalue weighted by molar-refractivity contribution is 7.80. The Morgan fingerprint density at radius 2 is 1.96 bits per heavy atom. The summed E-state index contributed by atoms with van der Waals surface area (Å²) < 4.78 is 0. The van der Waals surface area contributed by atoms with Crippen LogP contribution in [0.4, 0.5) is 11.4 Å². The van der Waals surface area contributed by atoms with Gasteiger partial charge in [-0.1, -0.05) is 43.1 Å². The molecule has 0 aliphatic heterocycles. The molecule has 2 N–H and O–H groups in total. The Labute approximate surface area is 166 Å². The molecule has 0 atom stereocenters. The second-order valence-electron chi connectivity index (χ2n) is 6.17. The second-order valence-corrected chi connectivity index (χ2v) is 6.99. The van der Waals surface area contributed by atoms with Crippen molar-refractivity contribution < 1.29 is 0 Å². The Balaban J connectivity index is 1.86. The first-order valence-electron chi connectivity index (χ1n) is 8.67. The van der Waals surface area contributed by atoms with E-state index in [1.165, 1.54) is 18.5 Å². The van der Waals surface area contributed by atoms with Gasteiger partial charge in [-0.25, -0.2) is 0 Å². The Morgan fingerprint density at radius 1 is 1.23 bits per heavy atom. The number of hydrazone groups is 1. The quantitative estimate of drug-likeness (QED) is 0.388. The molecule has 0 heterocycles. The molecule has 2 aromatic carbocycles. The first-order valence-corrected chi connectivity index (χ1v) is 9.45. The standard InChI is InChI=1S/C20H25ClN4S/c1-4-5-12-25(3)17-9-7-16(8-10-17)14-22-24-20(26)23-19-11-6-15(2)13-18(19)21/h6-11,13-14H,4-5,12H2,1-3H3,(H2,23,24,26)/b22-14-. The Morgan fingerprint density at radius 3 is 2.62 bits per heavy atom. The zero-order valence-corrected chi connectivity index (χ0v) is 17.0. The van der Waals surface area contributed by atoms with Crippen LogP contribution in [0.5, 0.6) is 0 Å². The normalized spacial score (nSPS) is 10.8. The van der Waals surface area contributed by atoms with Crippen LogP contribution in [0.3, 0.4) is 0 Å². The molecule has 0 amide bonds. The molecule has 0 saturated heterocycles. The van der Waals surface area contributed by atoms with E-state index in [4.69, 9.17) is 23.8 Å². The lowest BCUT2D eigenvalue weighted by Gasteiger charge is -2.18. The van der Waals surface area contributed by atoms with Crippen LogP contribution in [0.25, 0.3) is 0 Å². The van der Waals surface area contributed by atoms with Crippen molar-refractivity contribution in [2.45, 2.75) is 26.7 Å². The van der Waals surface area contributed by atoms with Crippen LogP contribution >= 0.6 is 23.8 Å². The predicted molar refractivity (Wildman–Crippen MR) is 118 cm³/mol. The third-order valence-corrected chi connectivity index (χ3v) is 4.44. The van der Waals surface area contributed by atoms with E-state index in [0.717, 1.165) is 23.4 Å². The molecule has 0 aromatic heterocycles. The maximum Gasteiger partial charge on any atom is 0.191 e. The number of unbranched alkanes of at least 4 members (excludes halogenated alkanes) is 1. The molecule has 0 radical (unpaired) electrons. The summed E-state index contributed by atoms with van der Waals surface area (Å²) in [6, 6.07) is 14.0. The fourth-order valence-corrected chi connectivity index (χ4v) is 2.82. The van der Waals surface area contributed by atoms with E-state index in [2.05, 4.69) is 46.8 Å². The molecule has 138 valence electrons. The lowest BCUT2D eigenvalue weighted by Crippen LogP contribution is -2.24. The predicted octanol–water partition coefficient (Wildman–Crippen LogP) is 5.21. The van der Waals surface area contributed by atoms with Gasteiger partial charge in [0.15, 0.2) is 5.11 Å². The molecule has 0 fully saturated rings. The zero-order chi connectivity index (χ0) is 18.9. The topological polar surface area (TPSA) is 39.7 Å². The fourth-order valence-electron chi connectivity index (χ4n) is 2.38. The number of aryl methyl sites for hydroxylation is 1. The van der Waals surface area contributed by atoms with E-state index >= 15 is 0 Å². The lowest BCUT2D eigenvalue weighted by molar-refractivity contribution is 0.767. The van der Waals surface area contributed by atoms with Crippen molar-refractivity contribution in [2.75, 3.05) is 23.8 Å². The van der Waals surface area contributed by atoms with Crippen molar-refractivity contribution in [3.63, 3.8) is 0 Å². The maximum absolute atomic E-state index is 6.18. The number of rotatable bonds is 7. The van der Waals surface area contributed by atoms with E-state index in [9.17, 15) is 0 Å². The smallest absolute Gasteiger partial charge is 0.191 e. The van der Waals surface area contributed by atoms with Crippen molar-refractivity contribution >= 4 is 46.5 Å². The number of hydrogen-bond donors (Lipinski definition) is 2. The minimum absolute atomic E-state index is 0.392. The summed E-state index contributed by atoms with van der Waals surface area (Å²) in [6.07, 6.45) is 4.13. The van der Waals surface area contributed by atoms with Gasteiger partial charge in [-0.05, 0) is 61.0 Å². The van der Waals surface area contributed by atoms with E-state index in [1.54, 1.807) is 6.21 Å². The van der Waals surface area contributed by atoms with Gasteiger partial charge in [-0.2, -0.15) is 5.10 Å². The van der Waals surface area contributed by atoms with Gasteiger partial charge in [-0.15, -0.1) is 0 Å². The van der Waals surface area contributed by atoms with E-state index < -0.39 is 0 Å². The van der Waals surface area contributed by atoms with Crippen LogP contribution in [-0.4, -0.2) is 24.9 Å². The maximum atomic E-state index is 6.18. The van der Waals surface area contributed by atoms with Gasteiger partial charge < -0.3 is 10.2 Å². The van der Waals surface area contributed by atoms with Gasteiger partial charge >= 0.3 is 0 Å². The largest absolute Gasteiger partial charge is 0.375 e. The molecule has 4 nitrogen and oxygen atoms in total. The van der Waals surface area contributed by atoms with E-state index in [1.807, 2.05) is 37.3 Å². The number of anilines is 2. The minimum atomic E-state index is 0.392. The van der Waals surface area contributed by atoms with Crippen molar-refractivity contribution in [2.24, 2.45) is 5.10 Å². The Hall–Kier alpha value is -2.11. The summed E-state index contributed by atoms with van der Waals surface area (Å²) in [7, 11) is 2.11. The first-order chi connectivity index (χ1) is 12.5. The fraction of sp³-hybridized carbons (Fsp3) is 0.300. The van der Waals surface area contributed by atoms with Crippen LogP contribution in [0, 0.1) is 6.92 Å². The van der Waals surface area contributed by atoms with Crippen LogP contribution < -0.4 is 15.6 Å². The van der Waals surface area contributed by atoms with Crippen LogP contribution in [0.1, 0.15) is 30.9 Å². The third kappa shape index (κ3) is 6.32. The van der Waals surface area contributed by atoms with Gasteiger partial charge in [0.25, 0.3) is 0 Å². The SMILES string of the molecule is CCCCN(C)c1ccc(/C=N\NC(=S)Nc2ccc(C)cc2Cl)cc1. The van der Waals surface area contributed by atoms with Crippen molar-refractivity contribution in [1.82, 2.24) is 5.43 Å². The van der Waals surface area contributed by atoms with Crippen molar-refractivity contribution in [3.8, 4) is 0 Å². The number of benzene rings is 2. The number of nitrogens with zero attached hydrogens (tertiary/aromatic N) is 2. The van der Waals surface area contributed by atoms with Gasteiger partial charge in [0, 0.05) is 19.3 Å². The van der Waals surface area contributed by atoms with Crippen LogP contribution in [0.15, 0.2) is 47.6 Å². The highest BCUT2D eigenvalue weighted by Crippen LogP contribution is 2.22. The number of nitrogens with one attached hydrogen (secondary N) is 2. The first kappa shape index (κ1) is 20.2. The van der Waals surface area contributed by atoms with Gasteiger partial charge in [0.2, 0.25) is 0 Å². The number of thiocarbonyl (C=S) groups is 1. The average Bonchev–Trinajstić information content (AvgIpc) is 2.62. The molecular weight excluding hydrogens is 364 g/mol. The molecule has 0 bridgehead atoms. The molecule has 0 saturated carbocycles. The molecule has 0 spiro atoms. The molecule has 26 heavy (non-hydrogen) atoms. The molecular formula is C20H25ClN4S. The third-order valence-electron chi connectivity index (χ3n) is 3.93. The van der Waals surface area contributed by atoms with Gasteiger partial charge in [0.1, 0.15) is 0 Å². The lowest BCUT2D eigenvalue weighted by atomic mass is 10.2. The molecule has 6 heteroatoms. The highest BCUT2D eigenvalue weighted by atomic mass is 35.5. The summed E-state index contributed by atoms with van der Waals surface area (Å²) in [5.41, 5.74) is 6.86. The van der Waals surface area contributed by atoms with Gasteiger partial charge in [-0.3, -0.25) is 5.43 Å². The minimum Gasteiger partial charge on any atom is -0.375 e. The molecule has 2 aromatic rings. The summed E-state index contributed by atoms with van der Waals surface area (Å²) in [6.45, 7) is 5.25. The molecule has 2 rings (SSSR count). The monoisotopic (exact) mass is 388 g/mol. The Bertz CT molecular complexity index is 759. The van der Waals surface area contributed by atoms with Crippen LogP contribution in [0.2, 0.25) is 5.02 Å². The Kier molecular flexibility index (Phi) is 7.88. The summed E-state index contributed by atoms with van der Waals surface area (Å²) >= 11 is 11.4. The van der Waals surface area contributed by atoms with Crippen molar-refractivity contribution in [1.29, 1.82) is 0 Å². The van der Waals surface area contributed by atoms with Gasteiger partial charge in [0.05, 0.1) is 16.9 Å². The molecule has 0 aliphatic carbocycles. The zero-order valence-electron chi connectivity index (χ0n) is 15.4. The highest BCUT2D eigenvalue weighted by Gasteiger charge is 2.02. The number of halogens is 1. The molecule has 0 unspecified atom stereocenters. The molecule has 0 aliphatic rings. The van der Waals surface area contributed by atoms with E-state index in [-0.39, 0.29) is 0 Å². The summed E-state index contributed by atoms with van der Waals surface area (Å²) in [5, 5.41) is 8.23. The summed E-state index contributed by atoms with van der Waals surface area (Å²) in [5.74, 6) is 0. The summed E-state index contributed by atoms with van der Waals surface area (Å²) in [4.78, 5) is 2.26.